The minimum Gasteiger partial charge on any atom is -0.497 e. The van der Waals surface area contributed by atoms with Crippen LogP contribution in [0, 0.1) is 0 Å². The zero-order valence-electron chi connectivity index (χ0n) is 14.1. The quantitative estimate of drug-likeness (QED) is 0.518. The topological polar surface area (TPSA) is 29.5 Å². The highest BCUT2D eigenvalue weighted by atomic mass is 32.2. The first-order valence-electron chi connectivity index (χ1n) is 7.83. The van der Waals surface area contributed by atoms with Crippen LogP contribution >= 0.6 is 24.0 Å². The predicted molar refractivity (Wildman–Crippen MR) is 103 cm³/mol. The standard InChI is InChI=1S/C19H14F3NO2S2/c1-25-15-7-5-12(6-8-15)10-16-17(24)23(18(26)27-16)11-13-3-2-4-14(9-13)19(20,21)22/h2-10H,11H2,1H3/b16-10-. The zero-order chi connectivity index (χ0) is 19.6. The molecule has 1 heterocycles. The number of ether oxygens (including phenoxy) is 1. The Morgan fingerprint density at radius 2 is 1.89 bits per heavy atom. The molecule has 0 atom stereocenters. The van der Waals surface area contributed by atoms with Gasteiger partial charge in [-0.2, -0.15) is 13.2 Å². The maximum absolute atomic E-state index is 12.9. The molecule has 0 bridgehead atoms. The van der Waals surface area contributed by atoms with E-state index >= 15 is 0 Å². The molecule has 0 spiro atoms. The van der Waals surface area contributed by atoms with Gasteiger partial charge in [-0.15, -0.1) is 0 Å². The van der Waals surface area contributed by atoms with Gasteiger partial charge in [-0.1, -0.05) is 48.2 Å². The average molecular weight is 409 g/mol. The number of amides is 1. The molecule has 140 valence electrons. The van der Waals surface area contributed by atoms with E-state index in [4.69, 9.17) is 17.0 Å². The first-order chi connectivity index (χ1) is 12.8. The number of carbonyl (C=O) groups is 1. The first kappa shape index (κ1) is 19.4. The van der Waals surface area contributed by atoms with Gasteiger partial charge >= 0.3 is 6.18 Å². The number of hydrogen-bond donors (Lipinski definition) is 0. The predicted octanol–water partition coefficient (Wildman–Crippen LogP) is 5.12. The summed E-state index contributed by atoms with van der Waals surface area (Å²) in [6.45, 7) is -0.00542. The molecule has 0 aromatic heterocycles. The SMILES string of the molecule is COc1ccc(/C=C2\SC(=S)N(Cc3cccc(C(F)(F)F)c3)C2=O)cc1. The molecule has 1 saturated heterocycles. The Hall–Kier alpha value is -2.32. The number of carbonyl (C=O) groups excluding carboxylic acids is 1. The Kier molecular flexibility index (Phi) is 5.57. The van der Waals surface area contributed by atoms with Crippen LogP contribution in [0.3, 0.4) is 0 Å². The second-order valence-corrected chi connectivity index (χ2v) is 7.41. The molecule has 2 aromatic carbocycles. The third-order valence-corrected chi connectivity index (χ3v) is 5.26. The van der Waals surface area contributed by atoms with Crippen molar-refractivity contribution >= 4 is 40.3 Å². The van der Waals surface area contributed by atoms with E-state index in [1.54, 1.807) is 43.5 Å². The monoisotopic (exact) mass is 409 g/mol. The molecule has 0 aliphatic carbocycles. The molecule has 3 nitrogen and oxygen atoms in total. The Morgan fingerprint density at radius 1 is 1.19 bits per heavy atom. The van der Waals surface area contributed by atoms with Crippen molar-refractivity contribution in [3.05, 3.63) is 70.1 Å². The van der Waals surface area contributed by atoms with Gasteiger partial charge in [-0.25, -0.2) is 0 Å². The van der Waals surface area contributed by atoms with Gasteiger partial charge in [0.25, 0.3) is 5.91 Å². The third kappa shape index (κ3) is 4.51. The molecular weight excluding hydrogens is 395 g/mol. The number of hydrogen-bond acceptors (Lipinski definition) is 4. The lowest BCUT2D eigenvalue weighted by molar-refractivity contribution is -0.137. The normalized spacial score (nSPS) is 16.3. The molecule has 2 aromatic rings. The van der Waals surface area contributed by atoms with Crippen LogP contribution in [-0.2, 0) is 17.5 Å². The second-order valence-electron chi connectivity index (χ2n) is 5.74. The van der Waals surface area contributed by atoms with Crippen molar-refractivity contribution in [2.75, 3.05) is 7.11 Å². The van der Waals surface area contributed by atoms with Crippen LogP contribution in [0.25, 0.3) is 6.08 Å². The molecule has 1 aliphatic rings. The molecule has 1 fully saturated rings. The lowest BCUT2D eigenvalue weighted by Crippen LogP contribution is -2.27. The molecule has 0 N–H and O–H groups in total. The minimum atomic E-state index is -4.43. The Balaban J connectivity index is 1.79. The molecule has 8 heteroatoms. The van der Waals surface area contributed by atoms with Crippen molar-refractivity contribution in [3.8, 4) is 5.75 Å². The summed E-state index contributed by atoms with van der Waals surface area (Å²) in [6, 6.07) is 12.0. The smallest absolute Gasteiger partial charge is 0.416 e. The number of benzene rings is 2. The molecule has 0 radical (unpaired) electrons. The van der Waals surface area contributed by atoms with E-state index in [1.807, 2.05) is 0 Å². The lowest BCUT2D eigenvalue weighted by Gasteiger charge is -2.15. The Bertz CT molecular complexity index is 908. The van der Waals surface area contributed by atoms with Gasteiger partial charge in [0.05, 0.1) is 24.1 Å². The number of nitrogens with zero attached hydrogens (tertiary/aromatic N) is 1. The number of alkyl halides is 3. The summed E-state index contributed by atoms with van der Waals surface area (Å²) in [7, 11) is 1.56. The van der Waals surface area contributed by atoms with Gasteiger partial charge in [0.1, 0.15) is 10.1 Å². The van der Waals surface area contributed by atoms with Crippen molar-refractivity contribution in [3.63, 3.8) is 0 Å². The van der Waals surface area contributed by atoms with Gasteiger partial charge in [0.15, 0.2) is 0 Å². The van der Waals surface area contributed by atoms with Crippen LogP contribution in [-0.4, -0.2) is 22.2 Å². The summed E-state index contributed by atoms with van der Waals surface area (Å²) >= 11 is 6.37. The molecule has 3 rings (SSSR count). The van der Waals surface area contributed by atoms with E-state index in [2.05, 4.69) is 0 Å². The number of methoxy groups -OCH3 is 1. The Labute approximate surface area is 163 Å². The fourth-order valence-corrected chi connectivity index (χ4v) is 3.77. The highest BCUT2D eigenvalue weighted by molar-refractivity contribution is 8.26. The molecule has 0 saturated carbocycles. The average Bonchev–Trinajstić information content (AvgIpc) is 2.89. The van der Waals surface area contributed by atoms with Gasteiger partial charge in [0.2, 0.25) is 0 Å². The van der Waals surface area contributed by atoms with Crippen molar-refractivity contribution in [1.82, 2.24) is 4.90 Å². The second kappa shape index (κ2) is 7.74. The third-order valence-electron chi connectivity index (χ3n) is 3.88. The largest absolute Gasteiger partial charge is 0.497 e. The number of thioether (sulfide) groups is 1. The first-order valence-corrected chi connectivity index (χ1v) is 9.06. The van der Waals surface area contributed by atoms with Crippen LogP contribution in [0.2, 0.25) is 0 Å². The molecule has 27 heavy (non-hydrogen) atoms. The van der Waals surface area contributed by atoms with Crippen molar-refractivity contribution in [2.24, 2.45) is 0 Å². The number of rotatable bonds is 4. The molecule has 1 aliphatic heterocycles. The summed E-state index contributed by atoms with van der Waals surface area (Å²) in [5.41, 5.74) is 0.418. The van der Waals surface area contributed by atoms with Crippen molar-refractivity contribution in [1.29, 1.82) is 0 Å². The maximum atomic E-state index is 12.9. The number of thiocarbonyl (C=S) groups is 1. The molecule has 0 unspecified atom stereocenters. The van der Waals surface area contributed by atoms with Crippen LogP contribution < -0.4 is 4.74 Å². The van der Waals surface area contributed by atoms with Gasteiger partial charge in [0, 0.05) is 0 Å². The Morgan fingerprint density at radius 3 is 2.52 bits per heavy atom. The summed E-state index contributed by atoms with van der Waals surface area (Å²) in [5, 5.41) is 0. The van der Waals surface area contributed by atoms with Crippen LogP contribution in [0.4, 0.5) is 13.2 Å². The van der Waals surface area contributed by atoms with Gasteiger partial charge in [-0.3, -0.25) is 9.69 Å². The summed E-state index contributed by atoms with van der Waals surface area (Å²) < 4.78 is 44.0. The van der Waals surface area contributed by atoms with E-state index in [0.717, 1.165) is 29.5 Å². The fraction of sp³-hybridized carbons (Fsp3) is 0.158. The zero-order valence-corrected chi connectivity index (χ0v) is 15.8. The van der Waals surface area contributed by atoms with Crippen LogP contribution in [0.1, 0.15) is 16.7 Å². The summed E-state index contributed by atoms with van der Waals surface area (Å²) in [6.07, 6.45) is -2.73. The maximum Gasteiger partial charge on any atom is 0.416 e. The van der Waals surface area contributed by atoms with E-state index in [-0.39, 0.29) is 12.5 Å². The van der Waals surface area contributed by atoms with Crippen molar-refractivity contribution in [2.45, 2.75) is 12.7 Å². The van der Waals surface area contributed by atoms with Crippen LogP contribution in [0.5, 0.6) is 5.75 Å². The van der Waals surface area contributed by atoms with Gasteiger partial charge < -0.3 is 4.74 Å². The van der Waals surface area contributed by atoms with E-state index in [9.17, 15) is 18.0 Å². The van der Waals surface area contributed by atoms with E-state index in [0.29, 0.717) is 20.5 Å². The van der Waals surface area contributed by atoms with Gasteiger partial charge in [-0.05, 0) is 41.5 Å². The summed E-state index contributed by atoms with van der Waals surface area (Å²) in [5.74, 6) is 0.377. The highest BCUT2D eigenvalue weighted by Gasteiger charge is 2.33. The lowest BCUT2D eigenvalue weighted by atomic mass is 10.1. The summed E-state index contributed by atoms with van der Waals surface area (Å²) in [4.78, 5) is 14.4. The fourth-order valence-electron chi connectivity index (χ4n) is 2.52. The minimum absolute atomic E-state index is 0.00542. The highest BCUT2D eigenvalue weighted by Crippen LogP contribution is 2.35. The number of halogens is 3. The van der Waals surface area contributed by atoms with E-state index in [1.165, 1.54) is 11.0 Å². The van der Waals surface area contributed by atoms with Crippen molar-refractivity contribution < 1.29 is 22.7 Å². The molecular formula is C19H14F3NO2S2. The molecule has 1 amide bonds. The van der Waals surface area contributed by atoms with Crippen LogP contribution in [0.15, 0.2) is 53.4 Å². The van der Waals surface area contributed by atoms with E-state index < -0.39 is 11.7 Å².